The molecule has 2 heterocycles. The molecule has 0 aliphatic rings. The van der Waals surface area contributed by atoms with Gasteiger partial charge < -0.3 is 18.9 Å². The molecule has 37 heavy (non-hydrogen) atoms. The van der Waals surface area contributed by atoms with Crippen LogP contribution < -0.4 is 34.7 Å². The van der Waals surface area contributed by atoms with Crippen LogP contribution in [0.2, 0.25) is 0 Å². The summed E-state index contributed by atoms with van der Waals surface area (Å²) in [5.41, 5.74) is -1.37. The summed E-state index contributed by atoms with van der Waals surface area (Å²) in [6.45, 7) is 5.47. The molecule has 0 bridgehead atoms. The van der Waals surface area contributed by atoms with Gasteiger partial charge in [0.15, 0.2) is 5.69 Å². The van der Waals surface area contributed by atoms with Gasteiger partial charge in [-0.3, -0.25) is 4.79 Å². The van der Waals surface area contributed by atoms with Crippen LogP contribution in [0.25, 0.3) is 11.5 Å². The standard InChI is InChI=1S/C25H26F4N2O5.Na/c1-13(2)8-18-12-20(30-35-18)24-22(25(27,28)29)23(31-36-24)16(6-7-21(33)34)11-17(32)10-15-5-4-14(3)9-19(15)26;/h4-5,9,12-13,16H,6-8,10-11H2,1-3H3,(H,33,34);/q;+1/p-1/t16-;/m0./s1. The quantitative estimate of drug-likeness (QED) is 0.274. The topological polar surface area (TPSA) is 109 Å². The summed E-state index contributed by atoms with van der Waals surface area (Å²) in [5, 5.41) is 18.3. The minimum Gasteiger partial charge on any atom is -0.550 e. The second-order valence-electron chi connectivity index (χ2n) is 9.17. The van der Waals surface area contributed by atoms with E-state index in [9.17, 15) is 32.3 Å². The average molecular weight is 532 g/mol. The fraction of sp³-hybridized carbons (Fsp3) is 0.440. The van der Waals surface area contributed by atoms with E-state index in [1.165, 1.54) is 18.2 Å². The fourth-order valence-corrected chi connectivity index (χ4v) is 3.93. The molecule has 0 radical (unpaired) electrons. The zero-order valence-electron chi connectivity index (χ0n) is 20.9. The number of Topliss-reactive ketones (excluding diaryl/α,β-unsaturated/α-hetero) is 1. The van der Waals surface area contributed by atoms with E-state index in [4.69, 9.17) is 9.05 Å². The average Bonchev–Trinajstić information content (AvgIpc) is 3.39. The molecule has 0 aliphatic carbocycles. The predicted molar refractivity (Wildman–Crippen MR) is 117 cm³/mol. The number of alkyl halides is 3. The van der Waals surface area contributed by atoms with Crippen molar-refractivity contribution in [3.05, 3.63) is 58.2 Å². The van der Waals surface area contributed by atoms with Crippen LogP contribution in [0, 0.1) is 18.7 Å². The Hall–Kier alpha value is -2.50. The molecular formula is C25H25F4N2NaO5. The van der Waals surface area contributed by atoms with Gasteiger partial charge in [0, 0.05) is 37.2 Å². The predicted octanol–water partition coefficient (Wildman–Crippen LogP) is 1.81. The monoisotopic (exact) mass is 532 g/mol. The van der Waals surface area contributed by atoms with Gasteiger partial charge in [-0.25, -0.2) is 4.39 Å². The van der Waals surface area contributed by atoms with E-state index < -0.39 is 59.5 Å². The number of carbonyl (C=O) groups excluding carboxylic acids is 2. The summed E-state index contributed by atoms with van der Waals surface area (Å²) in [6, 6.07) is 5.60. The van der Waals surface area contributed by atoms with Crippen LogP contribution >= 0.6 is 0 Å². The van der Waals surface area contributed by atoms with Gasteiger partial charge in [0.2, 0.25) is 5.76 Å². The molecule has 0 saturated carbocycles. The molecule has 0 amide bonds. The van der Waals surface area contributed by atoms with Crippen LogP contribution in [-0.2, 0) is 28.6 Å². The maximum Gasteiger partial charge on any atom is 1.00 e. The van der Waals surface area contributed by atoms with E-state index in [0.29, 0.717) is 17.7 Å². The minimum absolute atomic E-state index is 0. The molecule has 7 nitrogen and oxygen atoms in total. The van der Waals surface area contributed by atoms with Crippen molar-refractivity contribution in [2.24, 2.45) is 5.92 Å². The SMILES string of the molecule is Cc1ccc(CC(=O)C[C@H](CCC(=O)[O-])c2noc(-c3cc(CC(C)C)on3)c2C(F)(F)F)c(F)c1.[Na+]. The zero-order valence-corrected chi connectivity index (χ0v) is 22.9. The molecule has 0 unspecified atom stereocenters. The Balaban J connectivity index is 0.00000481. The Bertz CT molecular complexity index is 1240. The van der Waals surface area contributed by atoms with Crippen molar-refractivity contribution < 1.29 is 70.9 Å². The molecular weight excluding hydrogens is 507 g/mol. The number of carbonyl (C=O) groups is 2. The van der Waals surface area contributed by atoms with E-state index >= 15 is 0 Å². The fourth-order valence-electron chi connectivity index (χ4n) is 3.93. The Morgan fingerprint density at radius 1 is 1.11 bits per heavy atom. The first kappa shape index (κ1) is 30.7. The van der Waals surface area contributed by atoms with Gasteiger partial charge in [0.1, 0.15) is 28.6 Å². The van der Waals surface area contributed by atoms with Gasteiger partial charge >= 0.3 is 35.7 Å². The van der Waals surface area contributed by atoms with Gasteiger partial charge in [-0.15, -0.1) is 0 Å². The van der Waals surface area contributed by atoms with Crippen LogP contribution in [-0.4, -0.2) is 22.1 Å². The summed E-state index contributed by atoms with van der Waals surface area (Å²) in [4.78, 5) is 23.8. The Morgan fingerprint density at radius 2 is 1.81 bits per heavy atom. The molecule has 2 aromatic heterocycles. The van der Waals surface area contributed by atoms with Crippen LogP contribution in [0.3, 0.4) is 0 Å². The Morgan fingerprint density at radius 3 is 2.41 bits per heavy atom. The number of carboxylic acids is 1. The van der Waals surface area contributed by atoms with Crippen molar-refractivity contribution in [2.45, 2.75) is 65.0 Å². The van der Waals surface area contributed by atoms with E-state index in [-0.39, 0.29) is 59.6 Å². The summed E-state index contributed by atoms with van der Waals surface area (Å²) < 4.78 is 66.8. The minimum atomic E-state index is -4.95. The molecule has 12 heteroatoms. The number of aryl methyl sites for hydroxylation is 1. The molecule has 0 fully saturated rings. The first-order chi connectivity index (χ1) is 16.8. The van der Waals surface area contributed by atoms with Gasteiger partial charge in [-0.1, -0.05) is 36.3 Å². The number of nitrogens with zero attached hydrogens (tertiary/aromatic N) is 2. The van der Waals surface area contributed by atoms with Crippen molar-refractivity contribution >= 4 is 11.8 Å². The number of ketones is 1. The van der Waals surface area contributed by atoms with Gasteiger partial charge in [-0.05, 0) is 42.9 Å². The maximum absolute atomic E-state index is 14.2. The van der Waals surface area contributed by atoms with Crippen molar-refractivity contribution in [2.75, 3.05) is 0 Å². The molecule has 3 aromatic rings. The summed E-state index contributed by atoms with van der Waals surface area (Å²) >= 11 is 0. The molecule has 194 valence electrons. The van der Waals surface area contributed by atoms with Crippen molar-refractivity contribution in [3.8, 4) is 11.5 Å². The normalized spacial score (nSPS) is 12.4. The van der Waals surface area contributed by atoms with Crippen molar-refractivity contribution in [1.29, 1.82) is 0 Å². The maximum atomic E-state index is 14.2. The largest absolute Gasteiger partial charge is 1.00 e. The number of hydrogen-bond acceptors (Lipinski definition) is 7. The molecule has 0 N–H and O–H groups in total. The Kier molecular flexibility index (Phi) is 10.7. The number of benzene rings is 1. The second kappa shape index (κ2) is 12.8. The van der Waals surface area contributed by atoms with Crippen molar-refractivity contribution in [3.63, 3.8) is 0 Å². The van der Waals surface area contributed by atoms with Crippen LogP contribution in [0.4, 0.5) is 17.6 Å². The summed E-state index contributed by atoms with van der Waals surface area (Å²) in [5.74, 6) is -4.13. The smallest absolute Gasteiger partial charge is 0.550 e. The van der Waals surface area contributed by atoms with Gasteiger partial charge in [0.25, 0.3) is 0 Å². The second-order valence-corrected chi connectivity index (χ2v) is 9.17. The summed E-state index contributed by atoms with van der Waals surface area (Å²) in [6.07, 6.45) is -6.37. The third-order valence-electron chi connectivity index (χ3n) is 5.56. The van der Waals surface area contributed by atoms with Crippen LogP contribution in [0.1, 0.15) is 67.2 Å². The molecule has 0 spiro atoms. The number of aliphatic carboxylic acids is 1. The molecule has 3 rings (SSSR count). The number of rotatable bonds is 11. The van der Waals surface area contributed by atoms with E-state index in [0.717, 1.165) is 0 Å². The van der Waals surface area contributed by atoms with Gasteiger partial charge in [-0.2, -0.15) is 13.2 Å². The number of aromatic nitrogens is 2. The van der Waals surface area contributed by atoms with Crippen LogP contribution in [0.5, 0.6) is 0 Å². The van der Waals surface area contributed by atoms with Crippen molar-refractivity contribution in [1.82, 2.24) is 10.3 Å². The third kappa shape index (κ3) is 8.24. The first-order valence-corrected chi connectivity index (χ1v) is 11.3. The van der Waals surface area contributed by atoms with E-state index in [2.05, 4.69) is 10.3 Å². The zero-order chi connectivity index (χ0) is 26.6. The van der Waals surface area contributed by atoms with E-state index in [1.54, 1.807) is 13.0 Å². The van der Waals surface area contributed by atoms with E-state index in [1.807, 2.05) is 13.8 Å². The molecule has 1 aromatic carbocycles. The number of carboxylic acid groups (broad SMARTS) is 1. The van der Waals surface area contributed by atoms with Crippen LogP contribution in [0.15, 0.2) is 33.3 Å². The van der Waals surface area contributed by atoms with Gasteiger partial charge in [0.05, 0.1) is 0 Å². The number of hydrogen-bond donors (Lipinski definition) is 0. The Labute approximate surface area is 232 Å². The molecule has 1 atom stereocenters. The molecule has 0 saturated heterocycles. The summed E-state index contributed by atoms with van der Waals surface area (Å²) in [7, 11) is 0. The third-order valence-corrected chi connectivity index (χ3v) is 5.56. The molecule has 0 aliphatic heterocycles. The number of halogens is 4. The first-order valence-electron chi connectivity index (χ1n) is 11.3.